The third-order valence-electron chi connectivity index (χ3n) is 5.39. The van der Waals surface area contributed by atoms with E-state index in [1.807, 2.05) is 0 Å². The fourth-order valence-corrected chi connectivity index (χ4v) is 4.08. The van der Waals surface area contributed by atoms with Crippen LogP contribution in [-0.2, 0) is 0 Å². The first-order chi connectivity index (χ1) is 12.7. The average molecular weight is 342 g/mol. The minimum atomic E-state index is 0.479. The Balaban J connectivity index is 1.94. The first-order valence-corrected chi connectivity index (χ1v) is 9.74. The predicted octanol–water partition coefficient (Wildman–Crippen LogP) is 6.59. The molecule has 0 unspecified atom stereocenters. The van der Waals surface area contributed by atoms with Crippen LogP contribution in [0.1, 0.15) is 57.1 Å². The molecule has 1 aliphatic carbocycles. The van der Waals surface area contributed by atoms with E-state index < -0.39 is 0 Å². The SMILES string of the molecule is CC(C)=C1C(c2ccccc2)=NC(C2CCCCC2)=Nc2ccccc21. The van der Waals surface area contributed by atoms with Crippen molar-refractivity contribution in [3.05, 3.63) is 71.3 Å². The summed E-state index contributed by atoms with van der Waals surface area (Å²) in [5.41, 5.74) is 6.99. The van der Waals surface area contributed by atoms with Gasteiger partial charge in [0, 0.05) is 22.6 Å². The molecule has 26 heavy (non-hydrogen) atoms. The Labute approximate surface area is 156 Å². The van der Waals surface area contributed by atoms with E-state index in [1.165, 1.54) is 54.4 Å². The van der Waals surface area contributed by atoms with Crippen molar-refractivity contribution >= 4 is 22.8 Å². The maximum atomic E-state index is 5.20. The van der Waals surface area contributed by atoms with Crippen molar-refractivity contribution in [2.75, 3.05) is 0 Å². The van der Waals surface area contributed by atoms with Crippen molar-refractivity contribution in [1.29, 1.82) is 0 Å². The largest absolute Gasteiger partial charge is 0.233 e. The van der Waals surface area contributed by atoms with Gasteiger partial charge in [0.1, 0.15) is 5.84 Å². The minimum Gasteiger partial charge on any atom is -0.233 e. The lowest BCUT2D eigenvalue weighted by atomic mass is 9.88. The number of allylic oxidation sites excluding steroid dienone is 2. The number of hydrogen-bond acceptors (Lipinski definition) is 2. The van der Waals surface area contributed by atoms with E-state index in [2.05, 4.69) is 68.4 Å². The first kappa shape index (κ1) is 17.0. The number of nitrogens with zero attached hydrogens (tertiary/aromatic N) is 2. The molecule has 0 radical (unpaired) electrons. The van der Waals surface area contributed by atoms with Crippen LogP contribution in [0.5, 0.6) is 0 Å². The van der Waals surface area contributed by atoms with Crippen molar-refractivity contribution < 1.29 is 0 Å². The Bertz CT molecular complexity index is 877. The van der Waals surface area contributed by atoms with Crippen molar-refractivity contribution in [2.45, 2.75) is 46.0 Å². The number of aliphatic imine (C=N–C) groups is 2. The number of amidine groups is 1. The molecule has 0 N–H and O–H groups in total. The highest BCUT2D eigenvalue weighted by Gasteiger charge is 2.25. The topological polar surface area (TPSA) is 24.7 Å². The van der Waals surface area contributed by atoms with Gasteiger partial charge in [0.05, 0.1) is 11.4 Å². The molecule has 1 heterocycles. The van der Waals surface area contributed by atoms with Gasteiger partial charge in [0.2, 0.25) is 0 Å². The molecule has 0 amide bonds. The molecule has 0 atom stereocenters. The van der Waals surface area contributed by atoms with Gasteiger partial charge in [-0.05, 0) is 32.8 Å². The smallest absolute Gasteiger partial charge is 0.132 e. The van der Waals surface area contributed by atoms with Gasteiger partial charge in [-0.2, -0.15) is 0 Å². The monoisotopic (exact) mass is 342 g/mol. The van der Waals surface area contributed by atoms with E-state index in [0.29, 0.717) is 5.92 Å². The van der Waals surface area contributed by atoms with E-state index in [4.69, 9.17) is 9.98 Å². The maximum Gasteiger partial charge on any atom is 0.132 e. The molecule has 2 aromatic rings. The molecule has 0 spiro atoms. The Morgan fingerprint density at radius 2 is 1.50 bits per heavy atom. The third kappa shape index (κ3) is 3.29. The summed E-state index contributed by atoms with van der Waals surface area (Å²) in [6.45, 7) is 4.35. The zero-order valence-electron chi connectivity index (χ0n) is 15.7. The molecule has 132 valence electrons. The molecule has 2 aromatic carbocycles. The van der Waals surface area contributed by atoms with Crippen LogP contribution in [0.3, 0.4) is 0 Å². The molecule has 2 aliphatic rings. The number of para-hydroxylation sites is 1. The lowest BCUT2D eigenvalue weighted by molar-refractivity contribution is 0.437. The third-order valence-corrected chi connectivity index (χ3v) is 5.39. The van der Waals surface area contributed by atoms with Crippen molar-refractivity contribution in [3.8, 4) is 0 Å². The fraction of sp³-hybridized carbons (Fsp3) is 0.333. The molecule has 1 saturated carbocycles. The second-order valence-electron chi connectivity index (χ2n) is 7.52. The molecular weight excluding hydrogens is 316 g/mol. The lowest BCUT2D eigenvalue weighted by Crippen LogP contribution is -2.18. The van der Waals surface area contributed by atoms with Gasteiger partial charge in [-0.1, -0.05) is 73.4 Å². The Morgan fingerprint density at radius 1 is 0.808 bits per heavy atom. The quantitative estimate of drug-likeness (QED) is 0.588. The number of hydrogen-bond donors (Lipinski definition) is 0. The summed E-state index contributed by atoms with van der Waals surface area (Å²) in [6.07, 6.45) is 6.33. The van der Waals surface area contributed by atoms with Crippen LogP contribution in [0.15, 0.2) is 70.2 Å². The van der Waals surface area contributed by atoms with Gasteiger partial charge in [-0.3, -0.25) is 0 Å². The summed E-state index contributed by atoms with van der Waals surface area (Å²) in [6, 6.07) is 19.1. The number of benzene rings is 2. The van der Waals surface area contributed by atoms with E-state index >= 15 is 0 Å². The minimum absolute atomic E-state index is 0.479. The highest BCUT2D eigenvalue weighted by Crippen LogP contribution is 2.36. The molecular formula is C24H26N2. The van der Waals surface area contributed by atoms with Gasteiger partial charge in [0.15, 0.2) is 0 Å². The standard InChI is InChI=1S/C24H26N2/c1-17(2)22-20-15-9-10-16-21(20)25-24(19-13-7-4-8-14-19)26-23(22)18-11-5-3-6-12-18/h3,5-6,9-12,15-16,19H,4,7-8,13-14H2,1-2H3. The molecule has 0 aromatic heterocycles. The Kier molecular flexibility index (Phi) is 4.83. The summed E-state index contributed by atoms with van der Waals surface area (Å²) in [5.74, 6) is 1.50. The zero-order chi connectivity index (χ0) is 17.9. The molecule has 1 aliphatic heterocycles. The average Bonchev–Trinajstić information content (AvgIpc) is 2.86. The zero-order valence-corrected chi connectivity index (χ0v) is 15.7. The second-order valence-corrected chi connectivity index (χ2v) is 7.52. The van der Waals surface area contributed by atoms with Crippen LogP contribution < -0.4 is 0 Å². The van der Waals surface area contributed by atoms with Crippen molar-refractivity contribution in [3.63, 3.8) is 0 Å². The molecule has 0 saturated heterocycles. The van der Waals surface area contributed by atoms with Gasteiger partial charge in [-0.25, -0.2) is 9.98 Å². The van der Waals surface area contributed by atoms with E-state index in [9.17, 15) is 0 Å². The molecule has 2 nitrogen and oxygen atoms in total. The highest BCUT2D eigenvalue weighted by atomic mass is 15.0. The summed E-state index contributed by atoms with van der Waals surface area (Å²) >= 11 is 0. The normalized spacial score (nSPS) is 17.8. The van der Waals surface area contributed by atoms with Crippen LogP contribution in [0, 0.1) is 5.92 Å². The molecule has 0 bridgehead atoms. The van der Waals surface area contributed by atoms with Gasteiger partial charge in [-0.15, -0.1) is 0 Å². The Hall–Kier alpha value is -2.48. The van der Waals surface area contributed by atoms with Crippen molar-refractivity contribution in [2.24, 2.45) is 15.9 Å². The summed E-state index contributed by atoms with van der Waals surface area (Å²) < 4.78 is 0. The molecule has 1 fully saturated rings. The van der Waals surface area contributed by atoms with Gasteiger partial charge >= 0.3 is 0 Å². The maximum absolute atomic E-state index is 5.20. The highest BCUT2D eigenvalue weighted by molar-refractivity contribution is 6.36. The van der Waals surface area contributed by atoms with E-state index in [1.54, 1.807) is 0 Å². The first-order valence-electron chi connectivity index (χ1n) is 9.74. The van der Waals surface area contributed by atoms with E-state index in [-0.39, 0.29) is 0 Å². The molecule has 4 rings (SSSR count). The predicted molar refractivity (Wildman–Crippen MR) is 111 cm³/mol. The van der Waals surface area contributed by atoms with Crippen LogP contribution in [0.2, 0.25) is 0 Å². The van der Waals surface area contributed by atoms with Crippen LogP contribution in [-0.4, -0.2) is 11.5 Å². The Morgan fingerprint density at radius 3 is 2.23 bits per heavy atom. The summed E-state index contributed by atoms with van der Waals surface area (Å²) in [7, 11) is 0. The van der Waals surface area contributed by atoms with Gasteiger partial charge < -0.3 is 0 Å². The number of fused-ring (bicyclic) bond motifs is 1. The van der Waals surface area contributed by atoms with Crippen molar-refractivity contribution in [1.82, 2.24) is 0 Å². The summed E-state index contributed by atoms with van der Waals surface area (Å²) in [5, 5.41) is 0. The number of rotatable bonds is 2. The van der Waals surface area contributed by atoms with Crippen LogP contribution in [0.4, 0.5) is 5.69 Å². The van der Waals surface area contributed by atoms with Crippen LogP contribution in [0.25, 0.3) is 5.57 Å². The fourth-order valence-electron chi connectivity index (χ4n) is 4.08. The molecule has 2 heteroatoms. The van der Waals surface area contributed by atoms with Gasteiger partial charge in [0.25, 0.3) is 0 Å². The van der Waals surface area contributed by atoms with E-state index in [0.717, 1.165) is 17.2 Å². The summed E-state index contributed by atoms with van der Waals surface area (Å²) in [4.78, 5) is 10.3. The lowest BCUT2D eigenvalue weighted by Gasteiger charge is -2.21. The second kappa shape index (κ2) is 7.41. The van der Waals surface area contributed by atoms with Crippen LogP contribution >= 0.6 is 0 Å².